The molecular formula is C28H28ClNO6. The van der Waals surface area contributed by atoms with Crippen LogP contribution in [0.3, 0.4) is 0 Å². The summed E-state index contributed by atoms with van der Waals surface area (Å²) in [4.78, 5) is 12.5. The molecule has 3 aromatic carbocycles. The van der Waals surface area contributed by atoms with E-state index in [4.69, 9.17) is 35.3 Å². The lowest BCUT2D eigenvalue weighted by atomic mass is 10.1. The molecule has 0 aromatic heterocycles. The molecule has 0 aliphatic heterocycles. The number of ether oxygens (including phenoxy) is 5. The second-order valence-electron chi connectivity index (χ2n) is 7.41. The molecule has 0 bridgehead atoms. The van der Waals surface area contributed by atoms with Gasteiger partial charge in [0, 0.05) is 28.4 Å². The molecule has 0 saturated heterocycles. The number of methoxy groups -OCH3 is 5. The van der Waals surface area contributed by atoms with Gasteiger partial charge in [-0.05, 0) is 54.1 Å². The molecule has 3 aromatic rings. The second kappa shape index (κ2) is 12.6. The number of anilines is 1. The molecule has 0 atom stereocenters. The first-order chi connectivity index (χ1) is 17.4. The molecular weight excluding hydrogens is 482 g/mol. The van der Waals surface area contributed by atoms with E-state index in [2.05, 4.69) is 5.32 Å². The summed E-state index contributed by atoms with van der Waals surface area (Å²) in [7, 11) is 7.81. The summed E-state index contributed by atoms with van der Waals surface area (Å²) >= 11 is 5.91. The normalized spacial score (nSPS) is 10.9. The Morgan fingerprint density at radius 1 is 0.750 bits per heavy atom. The Morgan fingerprint density at radius 2 is 1.36 bits per heavy atom. The summed E-state index contributed by atoms with van der Waals surface area (Å²) in [5, 5.41) is 3.73. The van der Waals surface area contributed by atoms with Crippen LogP contribution in [0.4, 0.5) is 5.69 Å². The lowest BCUT2D eigenvalue weighted by molar-refractivity contribution is 0.104. The second-order valence-corrected chi connectivity index (χ2v) is 7.84. The zero-order valence-corrected chi connectivity index (χ0v) is 21.5. The molecule has 0 aliphatic carbocycles. The van der Waals surface area contributed by atoms with Crippen LogP contribution in [0.15, 0.2) is 60.8 Å². The van der Waals surface area contributed by atoms with Crippen LogP contribution in [0.2, 0.25) is 5.02 Å². The van der Waals surface area contributed by atoms with Crippen molar-refractivity contribution in [1.29, 1.82) is 0 Å². The van der Waals surface area contributed by atoms with Crippen LogP contribution in [-0.2, 0) is 0 Å². The Kier molecular flexibility index (Phi) is 9.25. The maximum Gasteiger partial charge on any atom is 0.203 e. The molecule has 0 aliphatic rings. The van der Waals surface area contributed by atoms with Crippen LogP contribution in [0.25, 0.3) is 12.2 Å². The first-order valence-corrected chi connectivity index (χ1v) is 11.3. The van der Waals surface area contributed by atoms with Gasteiger partial charge < -0.3 is 29.0 Å². The van der Waals surface area contributed by atoms with E-state index in [1.807, 2.05) is 30.4 Å². The highest BCUT2D eigenvalue weighted by atomic mass is 35.5. The maximum absolute atomic E-state index is 12.5. The zero-order chi connectivity index (χ0) is 26.1. The van der Waals surface area contributed by atoms with Gasteiger partial charge in [0.05, 0.1) is 41.2 Å². The van der Waals surface area contributed by atoms with Crippen LogP contribution >= 0.6 is 11.6 Å². The minimum absolute atomic E-state index is 0.171. The first-order valence-electron chi connectivity index (χ1n) is 10.9. The Labute approximate surface area is 215 Å². The Morgan fingerprint density at radius 3 is 1.92 bits per heavy atom. The molecule has 8 heteroatoms. The van der Waals surface area contributed by atoms with Crippen LogP contribution < -0.4 is 29.0 Å². The lowest BCUT2D eigenvalue weighted by Gasteiger charge is -2.15. The standard InChI is InChI=1S/C28H28ClNO6/c1-32-23-13-10-20(7-6-18-16-24(33-2)27(35-4)25(17-18)34-3)26(28(23)36-5)30-15-14-22(31)19-8-11-21(29)12-9-19/h6-17,30H,1-5H3/b7-6-,15-14-. The number of nitrogens with one attached hydrogen (secondary N) is 1. The van der Waals surface area contributed by atoms with Gasteiger partial charge in [0.2, 0.25) is 5.75 Å². The van der Waals surface area contributed by atoms with Crippen molar-refractivity contribution < 1.29 is 28.5 Å². The van der Waals surface area contributed by atoms with Crippen LogP contribution in [-0.4, -0.2) is 41.3 Å². The number of rotatable bonds is 11. The van der Waals surface area contributed by atoms with Crippen LogP contribution in [0.5, 0.6) is 28.7 Å². The van der Waals surface area contributed by atoms with Gasteiger partial charge >= 0.3 is 0 Å². The third kappa shape index (κ3) is 6.12. The Balaban J connectivity index is 1.95. The van der Waals surface area contributed by atoms with E-state index in [0.717, 1.165) is 11.1 Å². The molecule has 0 fully saturated rings. The third-order valence-electron chi connectivity index (χ3n) is 5.31. The fourth-order valence-corrected chi connectivity index (χ4v) is 3.65. The van der Waals surface area contributed by atoms with Crippen molar-refractivity contribution in [3.63, 3.8) is 0 Å². The molecule has 0 heterocycles. The third-order valence-corrected chi connectivity index (χ3v) is 5.56. The Bertz CT molecular complexity index is 1240. The smallest absolute Gasteiger partial charge is 0.203 e. The van der Waals surface area contributed by atoms with Gasteiger partial charge in [-0.15, -0.1) is 0 Å². The summed E-state index contributed by atoms with van der Waals surface area (Å²) in [6, 6.07) is 14.1. The van der Waals surface area contributed by atoms with Gasteiger partial charge in [-0.25, -0.2) is 0 Å². The predicted octanol–water partition coefficient (Wildman–Crippen LogP) is 6.36. The number of halogens is 1. The summed E-state index contributed by atoms with van der Waals surface area (Å²) in [5.74, 6) is 2.48. The minimum atomic E-state index is -0.171. The average molecular weight is 510 g/mol. The number of hydrogen-bond acceptors (Lipinski definition) is 7. The quantitative estimate of drug-likeness (QED) is 0.183. The van der Waals surface area contributed by atoms with Crippen molar-refractivity contribution in [1.82, 2.24) is 0 Å². The van der Waals surface area contributed by atoms with Gasteiger partial charge in [0.1, 0.15) is 0 Å². The first kappa shape index (κ1) is 26.5. The van der Waals surface area contributed by atoms with Gasteiger partial charge in [-0.3, -0.25) is 4.79 Å². The minimum Gasteiger partial charge on any atom is -0.493 e. The van der Waals surface area contributed by atoms with Crippen molar-refractivity contribution in [2.45, 2.75) is 0 Å². The summed E-state index contributed by atoms with van der Waals surface area (Å²) in [5.41, 5.74) is 2.78. The SMILES string of the molecule is COc1cc(/C=C\c2ccc(OC)c(OC)c2N/C=C\C(=O)c2ccc(Cl)cc2)cc(OC)c1OC. The zero-order valence-electron chi connectivity index (χ0n) is 20.8. The van der Waals surface area contributed by atoms with Crippen LogP contribution in [0, 0.1) is 0 Å². The molecule has 7 nitrogen and oxygen atoms in total. The number of benzene rings is 3. The maximum atomic E-state index is 12.5. The molecule has 188 valence electrons. The van der Waals surface area contributed by atoms with Gasteiger partial charge in [-0.2, -0.15) is 0 Å². The molecule has 0 unspecified atom stereocenters. The van der Waals surface area contributed by atoms with E-state index in [9.17, 15) is 4.79 Å². The highest BCUT2D eigenvalue weighted by molar-refractivity contribution is 6.30. The van der Waals surface area contributed by atoms with Crippen molar-refractivity contribution in [3.8, 4) is 28.7 Å². The number of hydrogen-bond donors (Lipinski definition) is 1. The molecule has 0 spiro atoms. The highest BCUT2D eigenvalue weighted by Gasteiger charge is 2.15. The van der Waals surface area contributed by atoms with E-state index in [1.165, 1.54) is 6.08 Å². The number of carbonyl (C=O) groups is 1. The van der Waals surface area contributed by atoms with Crippen LogP contribution in [0.1, 0.15) is 21.5 Å². The largest absolute Gasteiger partial charge is 0.493 e. The number of allylic oxidation sites excluding steroid dienone is 1. The summed E-state index contributed by atoms with van der Waals surface area (Å²) in [6.07, 6.45) is 6.80. The predicted molar refractivity (Wildman–Crippen MR) is 143 cm³/mol. The number of carbonyl (C=O) groups excluding carboxylic acids is 1. The average Bonchev–Trinajstić information content (AvgIpc) is 2.91. The van der Waals surface area contributed by atoms with E-state index in [0.29, 0.717) is 45.0 Å². The van der Waals surface area contributed by atoms with Gasteiger partial charge in [-0.1, -0.05) is 23.8 Å². The Hall–Kier alpha value is -4.10. The van der Waals surface area contributed by atoms with E-state index in [-0.39, 0.29) is 5.78 Å². The fraction of sp³-hybridized carbons (Fsp3) is 0.179. The fourth-order valence-electron chi connectivity index (χ4n) is 3.52. The molecule has 0 radical (unpaired) electrons. The van der Waals surface area contributed by atoms with Gasteiger partial charge in [0.15, 0.2) is 28.8 Å². The molecule has 36 heavy (non-hydrogen) atoms. The van der Waals surface area contributed by atoms with E-state index >= 15 is 0 Å². The van der Waals surface area contributed by atoms with E-state index in [1.54, 1.807) is 72.1 Å². The molecule has 1 N–H and O–H groups in total. The van der Waals surface area contributed by atoms with Crippen molar-refractivity contribution in [2.24, 2.45) is 0 Å². The number of ketones is 1. The lowest BCUT2D eigenvalue weighted by Crippen LogP contribution is -2.00. The monoisotopic (exact) mass is 509 g/mol. The summed E-state index contributed by atoms with van der Waals surface area (Å²) in [6.45, 7) is 0. The highest BCUT2D eigenvalue weighted by Crippen LogP contribution is 2.40. The molecule has 0 amide bonds. The van der Waals surface area contributed by atoms with Crippen molar-refractivity contribution >= 4 is 35.2 Å². The summed E-state index contributed by atoms with van der Waals surface area (Å²) < 4.78 is 27.3. The molecule has 3 rings (SSSR count). The van der Waals surface area contributed by atoms with E-state index < -0.39 is 0 Å². The van der Waals surface area contributed by atoms with Crippen molar-refractivity contribution in [2.75, 3.05) is 40.9 Å². The van der Waals surface area contributed by atoms with Gasteiger partial charge in [0.25, 0.3) is 0 Å². The van der Waals surface area contributed by atoms with Crippen molar-refractivity contribution in [3.05, 3.63) is 82.5 Å². The molecule has 0 saturated carbocycles. The topological polar surface area (TPSA) is 75.2 Å².